The maximum atomic E-state index is 12.2. The first-order valence-corrected chi connectivity index (χ1v) is 6.96. The zero-order chi connectivity index (χ0) is 15.9. The minimum absolute atomic E-state index is 0.00615. The van der Waals surface area contributed by atoms with Gasteiger partial charge in [0.25, 0.3) is 0 Å². The molecule has 1 unspecified atom stereocenters. The maximum Gasteiger partial charge on any atom is 0.226 e. The summed E-state index contributed by atoms with van der Waals surface area (Å²) in [4.78, 5) is 23.5. The Morgan fingerprint density at radius 1 is 1.05 bits per heavy atom. The first kappa shape index (κ1) is 15.6. The number of aromatic hydroxyl groups is 1. The topological polar surface area (TPSA) is 78.4 Å². The fourth-order valence-electron chi connectivity index (χ4n) is 2.15. The molecular formula is C17H18N2O3. The zero-order valence-corrected chi connectivity index (χ0v) is 12.2. The first-order chi connectivity index (χ1) is 10.6. The first-order valence-electron chi connectivity index (χ1n) is 6.96. The van der Waals surface area contributed by atoms with E-state index in [0.717, 1.165) is 5.56 Å². The molecule has 0 spiro atoms. The predicted molar refractivity (Wildman–Crippen MR) is 84.4 cm³/mol. The van der Waals surface area contributed by atoms with Crippen LogP contribution in [0.4, 0.5) is 5.69 Å². The summed E-state index contributed by atoms with van der Waals surface area (Å²) in [6.07, 6.45) is 0.0813. The smallest absolute Gasteiger partial charge is 0.226 e. The minimum Gasteiger partial charge on any atom is -0.506 e. The fourth-order valence-corrected chi connectivity index (χ4v) is 2.15. The molecular weight excluding hydrogens is 280 g/mol. The lowest BCUT2D eigenvalue weighted by molar-refractivity contribution is -0.120. The Morgan fingerprint density at radius 2 is 1.68 bits per heavy atom. The van der Waals surface area contributed by atoms with Crippen molar-refractivity contribution in [2.24, 2.45) is 0 Å². The number of nitrogens with one attached hydrogen (secondary N) is 2. The van der Waals surface area contributed by atoms with E-state index in [4.69, 9.17) is 0 Å². The fraction of sp³-hybridized carbons (Fsp3) is 0.176. The lowest BCUT2D eigenvalue weighted by Gasteiger charge is -2.18. The van der Waals surface area contributed by atoms with Crippen LogP contribution >= 0.6 is 0 Å². The van der Waals surface area contributed by atoms with Gasteiger partial charge in [-0.05, 0) is 17.7 Å². The molecule has 0 aliphatic carbocycles. The zero-order valence-electron chi connectivity index (χ0n) is 12.2. The molecule has 0 radical (unpaired) electrons. The molecule has 0 fully saturated rings. The molecule has 3 N–H and O–H groups in total. The van der Waals surface area contributed by atoms with Crippen LogP contribution in [0, 0.1) is 0 Å². The third kappa shape index (κ3) is 4.34. The molecule has 5 heteroatoms. The number of carbonyl (C=O) groups excluding carboxylic acids is 2. The number of para-hydroxylation sites is 2. The summed E-state index contributed by atoms with van der Waals surface area (Å²) in [6.45, 7) is 1.41. The molecule has 0 bridgehead atoms. The lowest BCUT2D eigenvalue weighted by atomic mass is 10.0. The quantitative estimate of drug-likeness (QED) is 0.742. The number of phenolic OH excluding ortho intramolecular Hbond substituents is 1. The number of amides is 2. The van der Waals surface area contributed by atoms with Gasteiger partial charge in [-0.3, -0.25) is 9.59 Å². The minimum atomic E-state index is -0.412. The van der Waals surface area contributed by atoms with Gasteiger partial charge in [-0.1, -0.05) is 42.5 Å². The molecule has 2 rings (SSSR count). The molecule has 2 aromatic rings. The normalized spacial score (nSPS) is 11.5. The summed E-state index contributed by atoms with van der Waals surface area (Å²) < 4.78 is 0. The number of anilines is 1. The van der Waals surface area contributed by atoms with Gasteiger partial charge in [0, 0.05) is 6.92 Å². The SMILES string of the molecule is CC(=O)NC(CC(=O)Nc1ccccc1O)c1ccccc1. The van der Waals surface area contributed by atoms with E-state index in [1.54, 1.807) is 18.2 Å². The van der Waals surface area contributed by atoms with Gasteiger partial charge < -0.3 is 15.7 Å². The van der Waals surface area contributed by atoms with E-state index in [-0.39, 0.29) is 24.0 Å². The van der Waals surface area contributed by atoms with Crippen LogP contribution < -0.4 is 10.6 Å². The summed E-state index contributed by atoms with van der Waals surface area (Å²) in [5, 5.41) is 15.1. The standard InChI is InChI=1S/C17H18N2O3/c1-12(20)18-15(13-7-3-2-4-8-13)11-17(22)19-14-9-5-6-10-16(14)21/h2-10,15,21H,11H2,1H3,(H,18,20)(H,19,22). The highest BCUT2D eigenvalue weighted by Crippen LogP contribution is 2.23. The van der Waals surface area contributed by atoms with E-state index in [1.165, 1.54) is 13.0 Å². The summed E-state index contributed by atoms with van der Waals surface area (Å²) in [6, 6.07) is 15.4. The molecule has 2 amide bonds. The molecule has 0 heterocycles. The third-order valence-electron chi connectivity index (χ3n) is 3.15. The Hall–Kier alpha value is -2.82. The molecule has 1 atom stereocenters. The second-order valence-electron chi connectivity index (χ2n) is 4.93. The van der Waals surface area contributed by atoms with Crippen LogP contribution in [0.5, 0.6) is 5.75 Å². The van der Waals surface area contributed by atoms with Crippen LogP contribution in [0.15, 0.2) is 54.6 Å². The Labute approximate surface area is 129 Å². The van der Waals surface area contributed by atoms with Crippen molar-refractivity contribution in [3.8, 4) is 5.75 Å². The van der Waals surface area contributed by atoms with Crippen molar-refractivity contribution in [1.82, 2.24) is 5.32 Å². The van der Waals surface area contributed by atoms with Crippen molar-refractivity contribution in [1.29, 1.82) is 0 Å². The van der Waals surface area contributed by atoms with Gasteiger partial charge >= 0.3 is 0 Å². The number of rotatable bonds is 5. The Morgan fingerprint density at radius 3 is 2.32 bits per heavy atom. The number of hydrogen-bond acceptors (Lipinski definition) is 3. The molecule has 0 saturated heterocycles. The van der Waals surface area contributed by atoms with Gasteiger partial charge in [0.15, 0.2) is 0 Å². The van der Waals surface area contributed by atoms with Crippen LogP contribution in [-0.2, 0) is 9.59 Å². The van der Waals surface area contributed by atoms with Crippen molar-refractivity contribution in [2.45, 2.75) is 19.4 Å². The number of benzene rings is 2. The Kier molecular flexibility index (Phi) is 5.14. The number of hydrogen-bond donors (Lipinski definition) is 3. The van der Waals surface area contributed by atoms with Crippen molar-refractivity contribution in [3.63, 3.8) is 0 Å². The highest BCUT2D eigenvalue weighted by atomic mass is 16.3. The molecule has 5 nitrogen and oxygen atoms in total. The van der Waals surface area contributed by atoms with Crippen LogP contribution in [-0.4, -0.2) is 16.9 Å². The van der Waals surface area contributed by atoms with Crippen molar-refractivity contribution < 1.29 is 14.7 Å². The lowest BCUT2D eigenvalue weighted by Crippen LogP contribution is -2.29. The number of carbonyl (C=O) groups is 2. The van der Waals surface area contributed by atoms with E-state index < -0.39 is 6.04 Å². The van der Waals surface area contributed by atoms with Gasteiger partial charge in [-0.25, -0.2) is 0 Å². The van der Waals surface area contributed by atoms with Crippen molar-refractivity contribution in [2.75, 3.05) is 5.32 Å². The molecule has 114 valence electrons. The van der Waals surface area contributed by atoms with E-state index >= 15 is 0 Å². The monoisotopic (exact) mass is 298 g/mol. The molecule has 22 heavy (non-hydrogen) atoms. The highest BCUT2D eigenvalue weighted by molar-refractivity contribution is 5.93. The predicted octanol–water partition coefficient (Wildman–Crippen LogP) is 2.60. The summed E-state index contributed by atoms with van der Waals surface area (Å²) in [5.41, 5.74) is 1.20. The van der Waals surface area contributed by atoms with Crippen molar-refractivity contribution >= 4 is 17.5 Å². The Balaban J connectivity index is 2.08. The maximum absolute atomic E-state index is 12.2. The van der Waals surface area contributed by atoms with E-state index in [1.807, 2.05) is 30.3 Å². The van der Waals surface area contributed by atoms with Gasteiger partial charge in [-0.15, -0.1) is 0 Å². The summed E-state index contributed by atoms with van der Waals surface area (Å²) in [7, 11) is 0. The van der Waals surface area contributed by atoms with Crippen molar-refractivity contribution in [3.05, 3.63) is 60.2 Å². The largest absolute Gasteiger partial charge is 0.506 e. The molecule has 2 aromatic carbocycles. The van der Waals surface area contributed by atoms with Crippen LogP contribution in [0.1, 0.15) is 24.9 Å². The molecule has 0 aliphatic heterocycles. The van der Waals surface area contributed by atoms with E-state index in [0.29, 0.717) is 5.69 Å². The third-order valence-corrected chi connectivity index (χ3v) is 3.15. The molecule has 0 aromatic heterocycles. The van der Waals surface area contributed by atoms with E-state index in [9.17, 15) is 14.7 Å². The molecule has 0 aliphatic rings. The summed E-state index contributed by atoms with van der Waals surface area (Å²) in [5.74, 6) is -0.486. The van der Waals surface area contributed by atoms with E-state index in [2.05, 4.69) is 10.6 Å². The summed E-state index contributed by atoms with van der Waals surface area (Å²) >= 11 is 0. The van der Waals surface area contributed by atoms with Crippen LogP contribution in [0.2, 0.25) is 0 Å². The van der Waals surface area contributed by atoms with Gasteiger partial charge in [0.05, 0.1) is 18.2 Å². The van der Waals surface area contributed by atoms with Crippen LogP contribution in [0.3, 0.4) is 0 Å². The van der Waals surface area contributed by atoms with Crippen LogP contribution in [0.25, 0.3) is 0 Å². The highest BCUT2D eigenvalue weighted by Gasteiger charge is 2.17. The second kappa shape index (κ2) is 7.26. The van der Waals surface area contributed by atoms with Gasteiger partial charge in [0.1, 0.15) is 5.75 Å². The van der Waals surface area contributed by atoms with Gasteiger partial charge in [-0.2, -0.15) is 0 Å². The average Bonchev–Trinajstić information content (AvgIpc) is 2.49. The Bertz CT molecular complexity index is 656. The average molecular weight is 298 g/mol. The van der Waals surface area contributed by atoms with Gasteiger partial charge in [0.2, 0.25) is 11.8 Å². The number of phenols is 1. The molecule has 0 saturated carbocycles. The second-order valence-corrected chi connectivity index (χ2v) is 4.93.